The molecule has 6 nitrogen and oxygen atoms in total. The van der Waals surface area contributed by atoms with Crippen LogP contribution in [0.2, 0.25) is 5.02 Å². The molecule has 0 saturated carbocycles. The van der Waals surface area contributed by atoms with Gasteiger partial charge in [0.15, 0.2) is 0 Å². The van der Waals surface area contributed by atoms with Crippen LogP contribution < -0.4 is 10.1 Å². The van der Waals surface area contributed by atoms with Gasteiger partial charge in [-0.05, 0) is 56.3 Å². The van der Waals surface area contributed by atoms with Gasteiger partial charge in [0.05, 0.1) is 24.6 Å². The lowest BCUT2D eigenvalue weighted by molar-refractivity contribution is -0.140. The number of imidazole rings is 1. The number of carbonyl (C=O) groups is 1. The second kappa shape index (κ2) is 11.1. The zero-order chi connectivity index (χ0) is 24.7. The Kier molecular flexibility index (Phi) is 8.21. The third-order valence-corrected chi connectivity index (χ3v) is 4.59. The Morgan fingerprint density at radius 1 is 1.18 bits per heavy atom. The van der Waals surface area contributed by atoms with Crippen molar-refractivity contribution >= 4 is 23.2 Å². The van der Waals surface area contributed by atoms with E-state index in [9.17, 15) is 18.0 Å². The maximum atomic E-state index is 12.9. The predicted molar refractivity (Wildman–Crippen MR) is 123 cm³/mol. The molecule has 0 spiro atoms. The lowest BCUT2D eigenvalue weighted by Crippen LogP contribution is -2.14. The van der Waals surface area contributed by atoms with E-state index in [1.807, 2.05) is 13.8 Å². The SMILES string of the molecule is CC(C)OCCOc1ccc(-c2ncc(C(F)(F)F)[nH]2)cc1NC(=O)C#Cc1ccc(Cl)cc1. The minimum atomic E-state index is -4.56. The van der Waals surface area contributed by atoms with Crippen LogP contribution in [0.3, 0.4) is 0 Å². The molecule has 10 heteroatoms. The van der Waals surface area contributed by atoms with Gasteiger partial charge in [-0.25, -0.2) is 4.98 Å². The van der Waals surface area contributed by atoms with Gasteiger partial charge >= 0.3 is 12.1 Å². The van der Waals surface area contributed by atoms with Crippen molar-refractivity contribution in [2.24, 2.45) is 0 Å². The maximum Gasteiger partial charge on any atom is 0.432 e. The standard InChI is InChI=1S/C24H21ClF3N3O3/c1-15(2)33-11-12-34-20-9-6-17(23-29-14-21(31-23)24(26,27)28)13-19(20)30-22(32)10-5-16-3-7-18(25)8-4-16/h3-4,6-9,13-15H,11-12H2,1-2H3,(H,29,31)(H,30,32). The van der Waals surface area contributed by atoms with E-state index >= 15 is 0 Å². The van der Waals surface area contributed by atoms with E-state index in [4.69, 9.17) is 21.1 Å². The number of amides is 1. The summed E-state index contributed by atoms with van der Waals surface area (Å²) in [6.45, 7) is 4.29. The highest BCUT2D eigenvalue weighted by atomic mass is 35.5. The fraction of sp³-hybridized carbons (Fsp3) is 0.250. The average molecular weight is 492 g/mol. The van der Waals surface area contributed by atoms with E-state index in [-0.39, 0.29) is 24.2 Å². The van der Waals surface area contributed by atoms with E-state index in [0.717, 1.165) is 0 Å². The molecule has 0 bridgehead atoms. The molecular weight excluding hydrogens is 471 g/mol. The number of H-pyrrole nitrogens is 1. The van der Waals surface area contributed by atoms with Crippen LogP contribution in [0.1, 0.15) is 25.1 Å². The molecular formula is C24H21ClF3N3O3. The number of alkyl halides is 3. The molecule has 0 radical (unpaired) electrons. The van der Waals surface area contributed by atoms with Crippen LogP contribution in [0, 0.1) is 11.8 Å². The van der Waals surface area contributed by atoms with Crippen LogP contribution in [0.5, 0.6) is 5.75 Å². The fourth-order valence-electron chi connectivity index (χ4n) is 2.76. The molecule has 3 rings (SSSR count). The van der Waals surface area contributed by atoms with E-state index in [1.54, 1.807) is 24.3 Å². The summed E-state index contributed by atoms with van der Waals surface area (Å²) in [7, 11) is 0. The molecule has 3 aromatic rings. The fourth-order valence-corrected chi connectivity index (χ4v) is 2.89. The molecule has 1 heterocycles. The highest BCUT2D eigenvalue weighted by Crippen LogP contribution is 2.32. The first-order valence-electron chi connectivity index (χ1n) is 10.2. The number of rotatable bonds is 7. The zero-order valence-electron chi connectivity index (χ0n) is 18.3. The first kappa shape index (κ1) is 25.1. The van der Waals surface area contributed by atoms with Gasteiger partial charge in [0.1, 0.15) is 23.9 Å². The van der Waals surface area contributed by atoms with E-state index in [1.165, 1.54) is 18.2 Å². The van der Waals surface area contributed by atoms with Crippen molar-refractivity contribution in [3.05, 3.63) is 64.9 Å². The number of hydrogen-bond donors (Lipinski definition) is 2. The van der Waals surface area contributed by atoms with E-state index in [2.05, 4.69) is 27.1 Å². The Hall–Kier alpha value is -3.48. The van der Waals surface area contributed by atoms with Crippen molar-refractivity contribution in [1.82, 2.24) is 9.97 Å². The number of carbonyl (C=O) groups excluding carboxylic acids is 1. The van der Waals surface area contributed by atoms with Crippen molar-refractivity contribution in [3.8, 4) is 29.0 Å². The summed E-state index contributed by atoms with van der Waals surface area (Å²) in [5.74, 6) is 4.84. The number of aromatic nitrogens is 2. The Labute approximate surface area is 199 Å². The Bertz CT molecular complexity index is 1200. The largest absolute Gasteiger partial charge is 0.489 e. The number of aromatic amines is 1. The Morgan fingerprint density at radius 3 is 2.56 bits per heavy atom. The normalized spacial score (nSPS) is 11.1. The molecule has 178 valence electrons. The number of nitrogens with one attached hydrogen (secondary N) is 2. The minimum absolute atomic E-state index is 0.00948. The quantitative estimate of drug-likeness (QED) is 0.336. The molecule has 0 unspecified atom stereocenters. The van der Waals surface area contributed by atoms with Crippen LogP contribution in [-0.4, -0.2) is 35.2 Å². The molecule has 34 heavy (non-hydrogen) atoms. The summed E-state index contributed by atoms with van der Waals surface area (Å²) in [4.78, 5) is 18.5. The Balaban J connectivity index is 1.83. The second-order valence-corrected chi connectivity index (χ2v) is 7.77. The minimum Gasteiger partial charge on any atom is -0.489 e. The van der Waals surface area contributed by atoms with Crippen molar-refractivity contribution in [2.45, 2.75) is 26.1 Å². The smallest absolute Gasteiger partial charge is 0.432 e. The van der Waals surface area contributed by atoms with E-state index in [0.29, 0.717) is 34.7 Å². The highest BCUT2D eigenvalue weighted by molar-refractivity contribution is 6.30. The van der Waals surface area contributed by atoms with Gasteiger partial charge < -0.3 is 19.8 Å². The average Bonchev–Trinajstić information content (AvgIpc) is 3.28. The van der Waals surface area contributed by atoms with Crippen LogP contribution in [0.25, 0.3) is 11.4 Å². The van der Waals surface area contributed by atoms with Gasteiger partial charge in [0, 0.05) is 22.1 Å². The first-order chi connectivity index (χ1) is 16.1. The molecule has 1 aromatic heterocycles. The lowest BCUT2D eigenvalue weighted by Gasteiger charge is -2.14. The number of benzene rings is 2. The van der Waals surface area contributed by atoms with Crippen molar-refractivity contribution in [2.75, 3.05) is 18.5 Å². The third-order valence-electron chi connectivity index (χ3n) is 4.34. The van der Waals surface area contributed by atoms with Crippen LogP contribution in [0.15, 0.2) is 48.7 Å². The van der Waals surface area contributed by atoms with Gasteiger partial charge in [-0.2, -0.15) is 13.2 Å². The molecule has 0 fully saturated rings. The number of nitrogens with zero attached hydrogens (tertiary/aromatic N) is 1. The van der Waals surface area contributed by atoms with Crippen molar-refractivity contribution < 1.29 is 27.4 Å². The number of anilines is 1. The number of hydrogen-bond acceptors (Lipinski definition) is 4. The van der Waals surface area contributed by atoms with Crippen LogP contribution in [-0.2, 0) is 15.7 Å². The molecule has 2 aromatic carbocycles. The summed E-state index contributed by atoms with van der Waals surface area (Å²) in [5.41, 5.74) is 0.156. The second-order valence-electron chi connectivity index (χ2n) is 7.33. The number of halogens is 4. The molecule has 0 aliphatic heterocycles. The van der Waals surface area contributed by atoms with Gasteiger partial charge in [0.2, 0.25) is 0 Å². The van der Waals surface area contributed by atoms with Gasteiger partial charge in [0.25, 0.3) is 0 Å². The zero-order valence-corrected chi connectivity index (χ0v) is 19.1. The molecule has 0 atom stereocenters. The molecule has 0 aliphatic carbocycles. The maximum absolute atomic E-state index is 12.9. The van der Waals surface area contributed by atoms with Crippen LogP contribution >= 0.6 is 11.6 Å². The third kappa shape index (κ3) is 7.27. The molecule has 1 amide bonds. The summed E-state index contributed by atoms with van der Waals surface area (Å²) < 4.78 is 49.9. The first-order valence-corrected chi connectivity index (χ1v) is 10.6. The predicted octanol–water partition coefficient (Wildman–Crippen LogP) is 5.54. The van der Waals surface area contributed by atoms with Gasteiger partial charge in [-0.15, -0.1) is 0 Å². The summed E-state index contributed by atoms with van der Waals surface area (Å²) in [6, 6.07) is 11.2. The van der Waals surface area contributed by atoms with Crippen molar-refractivity contribution in [1.29, 1.82) is 0 Å². The van der Waals surface area contributed by atoms with E-state index < -0.39 is 17.8 Å². The van der Waals surface area contributed by atoms with Crippen molar-refractivity contribution in [3.63, 3.8) is 0 Å². The Morgan fingerprint density at radius 2 is 1.91 bits per heavy atom. The van der Waals surface area contributed by atoms with Gasteiger partial charge in [-0.3, -0.25) is 4.79 Å². The molecule has 0 aliphatic rings. The van der Waals surface area contributed by atoms with Crippen LogP contribution in [0.4, 0.5) is 18.9 Å². The monoisotopic (exact) mass is 491 g/mol. The lowest BCUT2D eigenvalue weighted by atomic mass is 10.1. The molecule has 0 saturated heterocycles. The summed E-state index contributed by atoms with van der Waals surface area (Å²) in [6.07, 6.45) is -3.83. The molecule has 2 N–H and O–H groups in total. The summed E-state index contributed by atoms with van der Waals surface area (Å²) in [5, 5.41) is 3.16. The summed E-state index contributed by atoms with van der Waals surface area (Å²) >= 11 is 5.84. The highest BCUT2D eigenvalue weighted by Gasteiger charge is 2.33. The van der Waals surface area contributed by atoms with Gasteiger partial charge in [-0.1, -0.05) is 17.5 Å². The number of ether oxygens (including phenoxy) is 2. The topological polar surface area (TPSA) is 76.2 Å².